The third kappa shape index (κ3) is 1.24. The quantitative estimate of drug-likeness (QED) is 0.709. The topological polar surface area (TPSA) is 43.7 Å². The minimum atomic E-state index is -0.605. The molecule has 0 aliphatic carbocycles. The van der Waals surface area contributed by atoms with E-state index < -0.39 is 6.10 Å². The first-order chi connectivity index (χ1) is 6.61. The zero-order chi connectivity index (χ0) is 10.3. The van der Waals surface area contributed by atoms with E-state index in [9.17, 15) is 10.2 Å². The van der Waals surface area contributed by atoms with Crippen LogP contribution < -0.4 is 4.90 Å². The van der Waals surface area contributed by atoms with Gasteiger partial charge >= 0.3 is 0 Å². The largest absolute Gasteiger partial charge is 0.507 e. The van der Waals surface area contributed by atoms with E-state index in [2.05, 4.69) is 4.90 Å². The Morgan fingerprint density at radius 1 is 1.43 bits per heavy atom. The second-order valence-corrected chi connectivity index (χ2v) is 3.85. The molecule has 14 heavy (non-hydrogen) atoms. The van der Waals surface area contributed by atoms with E-state index in [-0.39, 0.29) is 5.75 Å². The Bertz CT molecular complexity index is 361. The van der Waals surface area contributed by atoms with Crippen molar-refractivity contribution in [3.05, 3.63) is 23.3 Å². The fourth-order valence-electron chi connectivity index (χ4n) is 1.98. The van der Waals surface area contributed by atoms with Crippen molar-refractivity contribution in [3.63, 3.8) is 0 Å². The monoisotopic (exact) mass is 193 g/mol. The standard InChI is InChI=1S/C11H15NO2/c1-7(13)8-3-4-10-9(11(8)14)5-6-12(10)2/h3-4,7,13-14H,5-6H2,1-2H3. The van der Waals surface area contributed by atoms with Crippen molar-refractivity contribution in [1.29, 1.82) is 0 Å². The highest BCUT2D eigenvalue weighted by molar-refractivity contribution is 5.64. The molecular formula is C11H15NO2. The van der Waals surface area contributed by atoms with E-state index in [0.29, 0.717) is 5.56 Å². The van der Waals surface area contributed by atoms with E-state index in [1.165, 1.54) is 0 Å². The first-order valence-corrected chi connectivity index (χ1v) is 4.85. The number of fused-ring (bicyclic) bond motifs is 1. The third-order valence-electron chi connectivity index (χ3n) is 2.85. The van der Waals surface area contributed by atoms with Gasteiger partial charge in [0.15, 0.2) is 0 Å². The number of phenolic OH excluding ortho intramolecular Hbond substituents is 1. The molecular weight excluding hydrogens is 178 g/mol. The summed E-state index contributed by atoms with van der Waals surface area (Å²) < 4.78 is 0. The van der Waals surface area contributed by atoms with E-state index in [1.807, 2.05) is 13.1 Å². The van der Waals surface area contributed by atoms with Gasteiger partial charge in [-0.15, -0.1) is 0 Å². The van der Waals surface area contributed by atoms with Gasteiger partial charge in [-0.3, -0.25) is 0 Å². The lowest BCUT2D eigenvalue weighted by atomic mass is 10.0. The van der Waals surface area contributed by atoms with Crippen molar-refractivity contribution >= 4 is 5.69 Å². The molecule has 0 aromatic heterocycles. The summed E-state index contributed by atoms with van der Waals surface area (Å²) in [5.41, 5.74) is 2.66. The molecule has 76 valence electrons. The average Bonchev–Trinajstić information content (AvgIpc) is 2.49. The normalized spacial score (nSPS) is 16.9. The van der Waals surface area contributed by atoms with Gasteiger partial charge in [0.1, 0.15) is 5.75 Å². The molecule has 2 rings (SSSR count). The summed E-state index contributed by atoms with van der Waals surface area (Å²) in [6.45, 7) is 2.60. The number of likely N-dealkylation sites (N-methyl/N-ethyl adjacent to an activating group) is 1. The Morgan fingerprint density at radius 3 is 2.79 bits per heavy atom. The summed E-state index contributed by atoms with van der Waals surface area (Å²) in [7, 11) is 2.01. The molecule has 1 aromatic rings. The molecule has 2 N–H and O–H groups in total. The maximum atomic E-state index is 9.91. The highest BCUT2D eigenvalue weighted by Gasteiger charge is 2.22. The van der Waals surface area contributed by atoms with E-state index in [4.69, 9.17) is 0 Å². The lowest BCUT2D eigenvalue weighted by molar-refractivity contribution is 0.195. The van der Waals surface area contributed by atoms with Crippen LogP contribution in [-0.2, 0) is 6.42 Å². The molecule has 0 fully saturated rings. The van der Waals surface area contributed by atoms with Gasteiger partial charge in [0.05, 0.1) is 6.10 Å². The number of anilines is 1. The smallest absolute Gasteiger partial charge is 0.126 e. The Labute approximate surface area is 83.6 Å². The van der Waals surface area contributed by atoms with E-state index in [0.717, 1.165) is 24.2 Å². The number of nitrogens with zero attached hydrogens (tertiary/aromatic N) is 1. The van der Waals surface area contributed by atoms with Crippen molar-refractivity contribution in [1.82, 2.24) is 0 Å². The van der Waals surface area contributed by atoms with Crippen LogP contribution in [0.3, 0.4) is 0 Å². The number of hydrogen-bond donors (Lipinski definition) is 2. The second-order valence-electron chi connectivity index (χ2n) is 3.85. The summed E-state index contributed by atoms with van der Waals surface area (Å²) in [5.74, 6) is 0.266. The van der Waals surface area contributed by atoms with Gasteiger partial charge < -0.3 is 15.1 Å². The number of aliphatic hydroxyl groups is 1. The van der Waals surface area contributed by atoms with Crippen LogP contribution in [0.25, 0.3) is 0 Å². The molecule has 1 heterocycles. The van der Waals surface area contributed by atoms with Crippen LogP contribution in [0.4, 0.5) is 5.69 Å². The van der Waals surface area contributed by atoms with Crippen LogP contribution in [-0.4, -0.2) is 23.8 Å². The van der Waals surface area contributed by atoms with Gasteiger partial charge in [0.2, 0.25) is 0 Å². The molecule has 0 radical (unpaired) electrons. The molecule has 0 bridgehead atoms. The molecule has 1 aliphatic heterocycles. The van der Waals surface area contributed by atoms with Crippen LogP contribution in [0.2, 0.25) is 0 Å². The van der Waals surface area contributed by atoms with E-state index in [1.54, 1.807) is 13.0 Å². The predicted octanol–water partition coefficient (Wildman–Crippen LogP) is 1.44. The fourth-order valence-corrected chi connectivity index (χ4v) is 1.98. The SMILES string of the molecule is CC(O)c1ccc2c(c1O)CCN2C. The Morgan fingerprint density at radius 2 is 2.14 bits per heavy atom. The molecule has 1 aliphatic rings. The summed E-state index contributed by atoms with van der Waals surface area (Å²) in [4.78, 5) is 2.11. The molecule has 3 heteroatoms. The van der Waals surface area contributed by atoms with Gasteiger partial charge in [-0.25, -0.2) is 0 Å². The van der Waals surface area contributed by atoms with Gasteiger partial charge in [0, 0.05) is 30.4 Å². The number of benzene rings is 1. The molecule has 0 spiro atoms. The van der Waals surface area contributed by atoms with Crippen LogP contribution >= 0.6 is 0 Å². The lowest BCUT2D eigenvalue weighted by Crippen LogP contribution is -2.12. The molecule has 1 unspecified atom stereocenters. The van der Waals surface area contributed by atoms with Crippen molar-refractivity contribution in [3.8, 4) is 5.75 Å². The molecule has 0 saturated heterocycles. The Kier molecular flexibility index (Phi) is 2.11. The second kappa shape index (κ2) is 3.17. The third-order valence-corrected chi connectivity index (χ3v) is 2.85. The summed E-state index contributed by atoms with van der Waals surface area (Å²) in [5, 5.41) is 19.3. The zero-order valence-corrected chi connectivity index (χ0v) is 8.49. The minimum Gasteiger partial charge on any atom is -0.507 e. The molecule has 0 amide bonds. The number of rotatable bonds is 1. The van der Waals surface area contributed by atoms with Crippen molar-refractivity contribution in [2.45, 2.75) is 19.4 Å². The average molecular weight is 193 g/mol. The van der Waals surface area contributed by atoms with E-state index >= 15 is 0 Å². The minimum absolute atomic E-state index is 0.266. The molecule has 1 aromatic carbocycles. The van der Waals surface area contributed by atoms with Crippen LogP contribution in [0.5, 0.6) is 5.75 Å². The van der Waals surface area contributed by atoms with Gasteiger partial charge in [0.25, 0.3) is 0 Å². The fraction of sp³-hybridized carbons (Fsp3) is 0.455. The highest BCUT2D eigenvalue weighted by Crippen LogP contribution is 2.38. The molecule has 3 nitrogen and oxygen atoms in total. The first kappa shape index (κ1) is 9.34. The number of aromatic hydroxyl groups is 1. The number of phenols is 1. The summed E-state index contributed by atoms with van der Waals surface area (Å²) in [6, 6.07) is 3.75. The Balaban J connectivity index is 2.53. The van der Waals surface area contributed by atoms with Crippen LogP contribution in [0.15, 0.2) is 12.1 Å². The van der Waals surface area contributed by atoms with Crippen LogP contribution in [0.1, 0.15) is 24.2 Å². The van der Waals surface area contributed by atoms with Gasteiger partial charge in [-0.05, 0) is 19.4 Å². The first-order valence-electron chi connectivity index (χ1n) is 4.85. The molecule has 0 saturated carbocycles. The van der Waals surface area contributed by atoms with Crippen molar-refractivity contribution < 1.29 is 10.2 Å². The molecule has 1 atom stereocenters. The highest BCUT2D eigenvalue weighted by atomic mass is 16.3. The van der Waals surface area contributed by atoms with Gasteiger partial charge in [-0.1, -0.05) is 6.07 Å². The van der Waals surface area contributed by atoms with Gasteiger partial charge in [-0.2, -0.15) is 0 Å². The number of aliphatic hydroxyl groups excluding tert-OH is 1. The van der Waals surface area contributed by atoms with Crippen LogP contribution in [0, 0.1) is 0 Å². The Hall–Kier alpha value is -1.22. The van der Waals surface area contributed by atoms with Crippen molar-refractivity contribution in [2.24, 2.45) is 0 Å². The number of hydrogen-bond acceptors (Lipinski definition) is 3. The predicted molar refractivity (Wildman–Crippen MR) is 55.7 cm³/mol. The lowest BCUT2D eigenvalue weighted by Gasteiger charge is -2.14. The zero-order valence-electron chi connectivity index (χ0n) is 8.49. The maximum absolute atomic E-state index is 9.91. The summed E-state index contributed by atoms with van der Waals surface area (Å²) >= 11 is 0. The summed E-state index contributed by atoms with van der Waals surface area (Å²) in [6.07, 6.45) is 0.254. The maximum Gasteiger partial charge on any atom is 0.126 e. The van der Waals surface area contributed by atoms with Crippen molar-refractivity contribution in [2.75, 3.05) is 18.5 Å².